The first-order chi connectivity index (χ1) is 8.77. The molecule has 0 spiro atoms. The van der Waals surface area contributed by atoms with Crippen molar-refractivity contribution in [3.63, 3.8) is 0 Å². The van der Waals surface area contributed by atoms with E-state index in [0.717, 1.165) is 24.8 Å². The van der Waals surface area contributed by atoms with Crippen molar-refractivity contribution in [2.24, 2.45) is 0 Å². The van der Waals surface area contributed by atoms with Gasteiger partial charge in [-0.2, -0.15) is 0 Å². The zero-order valence-corrected chi connectivity index (χ0v) is 10.6. The maximum Gasteiger partial charge on any atom is 0.147 e. The van der Waals surface area contributed by atoms with Crippen LogP contribution in [0.5, 0.6) is 0 Å². The predicted molar refractivity (Wildman–Crippen MR) is 69.7 cm³/mol. The Bertz CT molecular complexity index is 486. The summed E-state index contributed by atoms with van der Waals surface area (Å²) >= 11 is 0. The fourth-order valence-corrected chi connectivity index (χ4v) is 3.33. The lowest BCUT2D eigenvalue weighted by Gasteiger charge is -2.25. The van der Waals surface area contributed by atoms with E-state index >= 15 is 0 Å². The van der Waals surface area contributed by atoms with Crippen LogP contribution in [0.15, 0.2) is 18.2 Å². The van der Waals surface area contributed by atoms with Gasteiger partial charge in [0.15, 0.2) is 0 Å². The van der Waals surface area contributed by atoms with Crippen LogP contribution in [-0.4, -0.2) is 11.6 Å². The Morgan fingerprint density at radius 2 is 1.56 bits per heavy atom. The predicted octanol–water partition coefficient (Wildman–Crippen LogP) is 2.97. The monoisotopic (exact) mass is 242 g/mol. The van der Waals surface area contributed by atoms with Crippen molar-refractivity contribution in [3.05, 3.63) is 34.9 Å². The molecule has 0 radical (unpaired) electrons. The fourth-order valence-electron chi connectivity index (χ4n) is 3.33. The number of aryl methyl sites for hydroxylation is 1. The summed E-state index contributed by atoms with van der Waals surface area (Å²) in [5.74, 6) is -0.192. The molecule has 3 rings (SSSR count). The van der Waals surface area contributed by atoms with Crippen LogP contribution in [-0.2, 0) is 22.4 Å². The van der Waals surface area contributed by atoms with Crippen molar-refractivity contribution in [2.45, 2.75) is 50.9 Å². The van der Waals surface area contributed by atoms with Crippen LogP contribution < -0.4 is 0 Å². The van der Waals surface area contributed by atoms with Gasteiger partial charge in [-0.25, -0.2) is 0 Å². The highest BCUT2D eigenvalue weighted by Gasteiger charge is 2.33. The minimum absolute atomic E-state index is 0.130. The standard InChI is InChI=1S/C16H18O2/c17-14-9-4-10-15(18)16(14)13-8-3-6-11-5-1-2-7-12(11)13/h3,6,8,16H,1-2,4-5,7,9-10H2. The normalized spacial score (nSPS) is 20.9. The largest absolute Gasteiger partial charge is 0.299 e. The van der Waals surface area contributed by atoms with Crippen molar-refractivity contribution < 1.29 is 9.59 Å². The van der Waals surface area contributed by atoms with Gasteiger partial charge in [0.1, 0.15) is 17.5 Å². The maximum absolute atomic E-state index is 12.1. The van der Waals surface area contributed by atoms with Crippen LogP contribution in [0.4, 0.5) is 0 Å². The molecular formula is C16H18O2. The molecular weight excluding hydrogens is 224 g/mol. The zero-order chi connectivity index (χ0) is 12.5. The Balaban J connectivity index is 2.05. The van der Waals surface area contributed by atoms with Gasteiger partial charge >= 0.3 is 0 Å². The van der Waals surface area contributed by atoms with Crippen molar-refractivity contribution in [3.8, 4) is 0 Å². The van der Waals surface area contributed by atoms with Gasteiger partial charge in [-0.15, -0.1) is 0 Å². The number of Topliss-reactive ketones (excluding diaryl/α,β-unsaturated/α-hetero) is 2. The second-order valence-corrected chi connectivity index (χ2v) is 5.41. The number of hydrogen-bond acceptors (Lipinski definition) is 2. The molecule has 1 fully saturated rings. The van der Waals surface area contributed by atoms with Crippen LogP contribution >= 0.6 is 0 Å². The van der Waals surface area contributed by atoms with E-state index in [1.165, 1.54) is 24.0 Å². The minimum atomic E-state index is -0.452. The molecule has 1 aromatic rings. The Morgan fingerprint density at radius 1 is 0.833 bits per heavy atom. The number of carbonyl (C=O) groups excluding carboxylic acids is 2. The third-order valence-corrected chi connectivity index (χ3v) is 4.23. The number of hydrogen-bond donors (Lipinski definition) is 0. The number of rotatable bonds is 1. The second kappa shape index (κ2) is 4.68. The number of fused-ring (bicyclic) bond motifs is 1. The van der Waals surface area contributed by atoms with Crippen LogP contribution in [0.25, 0.3) is 0 Å². The van der Waals surface area contributed by atoms with Gasteiger partial charge in [-0.3, -0.25) is 9.59 Å². The molecule has 94 valence electrons. The molecule has 0 unspecified atom stereocenters. The molecule has 1 aromatic carbocycles. The van der Waals surface area contributed by atoms with Crippen molar-refractivity contribution >= 4 is 11.6 Å². The van der Waals surface area contributed by atoms with E-state index < -0.39 is 5.92 Å². The molecule has 18 heavy (non-hydrogen) atoms. The van der Waals surface area contributed by atoms with Gasteiger partial charge in [0.2, 0.25) is 0 Å². The van der Waals surface area contributed by atoms with Gasteiger partial charge in [0.25, 0.3) is 0 Å². The first-order valence-electron chi connectivity index (χ1n) is 6.93. The molecule has 0 aliphatic heterocycles. The lowest BCUT2D eigenvalue weighted by Crippen LogP contribution is -2.28. The van der Waals surface area contributed by atoms with E-state index in [1.807, 2.05) is 12.1 Å². The average molecular weight is 242 g/mol. The SMILES string of the molecule is O=C1CCCC(=O)C1c1cccc2c1CCCC2. The van der Waals surface area contributed by atoms with Crippen molar-refractivity contribution in [2.75, 3.05) is 0 Å². The first-order valence-corrected chi connectivity index (χ1v) is 6.93. The van der Waals surface area contributed by atoms with Gasteiger partial charge < -0.3 is 0 Å². The number of carbonyl (C=O) groups is 2. The highest BCUT2D eigenvalue weighted by atomic mass is 16.2. The van der Waals surface area contributed by atoms with Gasteiger partial charge in [-0.05, 0) is 48.8 Å². The van der Waals surface area contributed by atoms with Crippen molar-refractivity contribution in [1.29, 1.82) is 0 Å². The van der Waals surface area contributed by atoms with Gasteiger partial charge in [-0.1, -0.05) is 18.2 Å². The average Bonchev–Trinajstić information content (AvgIpc) is 2.39. The van der Waals surface area contributed by atoms with Crippen LogP contribution in [0.1, 0.15) is 54.7 Å². The summed E-state index contributed by atoms with van der Waals surface area (Å²) in [5.41, 5.74) is 3.66. The van der Waals surface area contributed by atoms with E-state index in [9.17, 15) is 9.59 Å². The molecule has 2 aliphatic rings. The molecule has 2 aliphatic carbocycles. The number of benzene rings is 1. The van der Waals surface area contributed by atoms with Gasteiger partial charge in [0, 0.05) is 12.8 Å². The molecule has 2 nitrogen and oxygen atoms in total. The highest BCUT2D eigenvalue weighted by Crippen LogP contribution is 2.33. The molecule has 2 heteroatoms. The topological polar surface area (TPSA) is 34.1 Å². The molecule has 0 saturated heterocycles. The lowest BCUT2D eigenvalue weighted by atomic mass is 9.76. The summed E-state index contributed by atoms with van der Waals surface area (Å²) in [5, 5.41) is 0. The third kappa shape index (κ3) is 1.90. The Labute approximate surface area is 107 Å². The number of ketones is 2. The van der Waals surface area contributed by atoms with E-state index in [4.69, 9.17) is 0 Å². The summed E-state index contributed by atoms with van der Waals surface area (Å²) in [7, 11) is 0. The third-order valence-electron chi connectivity index (χ3n) is 4.23. The summed E-state index contributed by atoms with van der Waals surface area (Å²) in [4.78, 5) is 24.1. The molecule has 0 aromatic heterocycles. The minimum Gasteiger partial charge on any atom is -0.299 e. The van der Waals surface area contributed by atoms with Crippen molar-refractivity contribution in [1.82, 2.24) is 0 Å². The van der Waals surface area contributed by atoms with E-state index in [-0.39, 0.29) is 11.6 Å². The molecule has 0 atom stereocenters. The van der Waals surface area contributed by atoms with E-state index in [0.29, 0.717) is 12.8 Å². The Morgan fingerprint density at radius 3 is 2.33 bits per heavy atom. The summed E-state index contributed by atoms with van der Waals surface area (Å²) < 4.78 is 0. The molecule has 1 saturated carbocycles. The second-order valence-electron chi connectivity index (χ2n) is 5.41. The Hall–Kier alpha value is -1.44. The maximum atomic E-state index is 12.1. The fraction of sp³-hybridized carbons (Fsp3) is 0.500. The first kappa shape index (κ1) is 11.6. The van der Waals surface area contributed by atoms with E-state index in [2.05, 4.69) is 6.07 Å². The smallest absolute Gasteiger partial charge is 0.147 e. The van der Waals surface area contributed by atoms with Crippen LogP contribution in [0.3, 0.4) is 0 Å². The summed E-state index contributed by atoms with van der Waals surface area (Å²) in [6.07, 6.45) is 6.41. The van der Waals surface area contributed by atoms with Crippen LogP contribution in [0.2, 0.25) is 0 Å². The summed E-state index contributed by atoms with van der Waals surface area (Å²) in [6, 6.07) is 6.15. The van der Waals surface area contributed by atoms with E-state index in [1.54, 1.807) is 0 Å². The van der Waals surface area contributed by atoms with Gasteiger partial charge in [0.05, 0.1) is 0 Å². The lowest BCUT2D eigenvalue weighted by molar-refractivity contribution is -0.131. The quantitative estimate of drug-likeness (QED) is 0.709. The highest BCUT2D eigenvalue weighted by molar-refractivity contribution is 6.09. The molecule has 0 amide bonds. The zero-order valence-electron chi connectivity index (χ0n) is 10.6. The van der Waals surface area contributed by atoms with Crippen LogP contribution in [0, 0.1) is 0 Å². The molecule has 0 bridgehead atoms. The Kier molecular flexibility index (Phi) is 3.02. The molecule has 0 heterocycles. The molecule has 0 N–H and O–H groups in total. The summed E-state index contributed by atoms with van der Waals surface area (Å²) in [6.45, 7) is 0.